The standard InChI is InChI=1S/C11H23NO3/c1-12(5-3-6-14-2)8-10-9-15-7-4-11(10)13/h10-11,13H,3-9H2,1-2H3. The Labute approximate surface area is 92.2 Å². The second-order valence-electron chi connectivity index (χ2n) is 4.30. The summed E-state index contributed by atoms with van der Waals surface area (Å²) in [4.78, 5) is 2.24. The van der Waals surface area contributed by atoms with Gasteiger partial charge in [-0.2, -0.15) is 0 Å². The van der Waals surface area contributed by atoms with Crippen LogP contribution in [0.25, 0.3) is 0 Å². The van der Waals surface area contributed by atoms with E-state index in [0.717, 1.165) is 32.5 Å². The Kier molecular flexibility index (Phi) is 6.17. The fourth-order valence-electron chi connectivity index (χ4n) is 1.93. The molecule has 1 rings (SSSR count). The predicted octanol–water partition coefficient (Wildman–Crippen LogP) is 0.352. The molecular weight excluding hydrogens is 194 g/mol. The zero-order chi connectivity index (χ0) is 11.1. The van der Waals surface area contributed by atoms with Crippen molar-refractivity contribution in [1.29, 1.82) is 0 Å². The molecule has 0 saturated carbocycles. The molecule has 1 saturated heterocycles. The molecule has 0 aromatic carbocycles. The highest BCUT2D eigenvalue weighted by Crippen LogP contribution is 2.15. The normalized spacial score (nSPS) is 27.2. The highest BCUT2D eigenvalue weighted by atomic mass is 16.5. The minimum atomic E-state index is -0.191. The number of hydrogen-bond donors (Lipinski definition) is 1. The van der Waals surface area contributed by atoms with Gasteiger partial charge in [-0.25, -0.2) is 0 Å². The van der Waals surface area contributed by atoms with E-state index in [0.29, 0.717) is 13.2 Å². The molecule has 0 amide bonds. The summed E-state index contributed by atoms with van der Waals surface area (Å²) in [5.41, 5.74) is 0. The molecule has 0 aliphatic carbocycles. The number of hydrogen-bond acceptors (Lipinski definition) is 4. The molecule has 90 valence electrons. The maximum atomic E-state index is 9.76. The second-order valence-corrected chi connectivity index (χ2v) is 4.30. The molecule has 1 heterocycles. The first-order valence-corrected chi connectivity index (χ1v) is 5.67. The van der Waals surface area contributed by atoms with Crippen molar-refractivity contribution in [3.8, 4) is 0 Å². The number of aliphatic hydroxyl groups excluding tert-OH is 1. The Morgan fingerprint density at radius 1 is 1.53 bits per heavy atom. The molecule has 0 spiro atoms. The van der Waals surface area contributed by atoms with E-state index in [1.54, 1.807) is 7.11 Å². The van der Waals surface area contributed by atoms with Gasteiger partial charge < -0.3 is 19.5 Å². The molecule has 4 nitrogen and oxygen atoms in total. The van der Waals surface area contributed by atoms with Crippen molar-refractivity contribution < 1.29 is 14.6 Å². The third-order valence-corrected chi connectivity index (χ3v) is 2.87. The number of aliphatic hydroxyl groups is 1. The summed E-state index contributed by atoms with van der Waals surface area (Å²) < 4.78 is 10.4. The quantitative estimate of drug-likeness (QED) is 0.652. The van der Waals surface area contributed by atoms with Crippen LogP contribution < -0.4 is 0 Å². The van der Waals surface area contributed by atoms with Gasteiger partial charge in [0, 0.05) is 39.3 Å². The Morgan fingerprint density at radius 3 is 3.00 bits per heavy atom. The van der Waals surface area contributed by atoms with E-state index in [1.807, 2.05) is 0 Å². The highest BCUT2D eigenvalue weighted by Gasteiger charge is 2.24. The molecule has 0 bridgehead atoms. The summed E-state index contributed by atoms with van der Waals surface area (Å²) in [6, 6.07) is 0. The van der Waals surface area contributed by atoms with Crippen molar-refractivity contribution >= 4 is 0 Å². The maximum Gasteiger partial charge on any atom is 0.0624 e. The van der Waals surface area contributed by atoms with Crippen LogP contribution in [0.3, 0.4) is 0 Å². The lowest BCUT2D eigenvalue weighted by Crippen LogP contribution is -2.40. The fourth-order valence-corrected chi connectivity index (χ4v) is 1.93. The van der Waals surface area contributed by atoms with Crippen LogP contribution in [0.1, 0.15) is 12.8 Å². The molecule has 1 aliphatic rings. The highest BCUT2D eigenvalue weighted by molar-refractivity contribution is 4.75. The van der Waals surface area contributed by atoms with Crippen molar-refractivity contribution in [3.63, 3.8) is 0 Å². The first kappa shape index (κ1) is 12.9. The summed E-state index contributed by atoms with van der Waals surface area (Å²) >= 11 is 0. The average Bonchev–Trinajstić information content (AvgIpc) is 2.22. The molecule has 0 aromatic rings. The van der Waals surface area contributed by atoms with Gasteiger partial charge in [-0.1, -0.05) is 0 Å². The Bertz CT molecular complexity index is 166. The van der Waals surface area contributed by atoms with Crippen LogP contribution in [0.2, 0.25) is 0 Å². The zero-order valence-corrected chi connectivity index (χ0v) is 9.82. The number of rotatable bonds is 6. The monoisotopic (exact) mass is 217 g/mol. The van der Waals surface area contributed by atoms with Gasteiger partial charge in [-0.3, -0.25) is 0 Å². The second kappa shape index (κ2) is 7.17. The fraction of sp³-hybridized carbons (Fsp3) is 1.00. The minimum absolute atomic E-state index is 0.191. The van der Waals surface area contributed by atoms with Crippen LogP contribution in [-0.2, 0) is 9.47 Å². The summed E-state index contributed by atoms with van der Waals surface area (Å²) in [5, 5.41) is 9.76. The zero-order valence-electron chi connectivity index (χ0n) is 9.82. The first-order chi connectivity index (χ1) is 7.24. The molecule has 15 heavy (non-hydrogen) atoms. The van der Waals surface area contributed by atoms with Crippen LogP contribution in [0.5, 0.6) is 0 Å². The van der Waals surface area contributed by atoms with Crippen LogP contribution in [0.4, 0.5) is 0 Å². The van der Waals surface area contributed by atoms with E-state index in [9.17, 15) is 5.11 Å². The molecule has 4 heteroatoms. The van der Waals surface area contributed by atoms with E-state index >= 15 is 0 Å². The van der Waals surface area contributed by atoms with Crippen LogP contribution in [0.15, 0.2) is 0 Å². The molecule has 2 atom stereocenters. The molecule has 2 unspecified atom stereocenters. The van der Waals surface area contributed by atoms with Crippen molar-refractivity contribution in [1.82, 2.24) is 4.90 Å². The van der Waals surface area contributed by atoms with Crippen molar-refractivity contribution in [2.75, 3.05) is 47.1 Å². The van der Waals surface area contributed by atoms with Gasteiger partial charge in [0.2, 0.25) is 0 Å². The molecule has 1 fully saturated rings. The Balaban J connectivity index is 2.15. The lowest BCUT2D eigenvalue weighted by Gasteiger charge is -2.31. The van der Waals surface area contributed by atoms with Gasteiger partial charge in [0.15, 0.2) is 0 Å². The third-order valence-electron chi connectivity index (χ3n) is 2.87. The van der Waals surface area contributed by atoms with Crippen molar-refractivity contribution in [2.24, 2.45) is 5.92 Å². The molecule has 1 aliphatic heterocycles. The van der Waals surface area contributed by atoms with Gasteiger partial charge >= 0.3 is 0 Å². The van der Waals surface area contributed by atoms with E-state index in [1.165, 1.54) is 0 Å². The smallest absolute Gasteiger partial charge is 0.0624 e. The van der Waals surface area contributed by atoms with Gasteiger partial charge in [0.05, 0.1) is 12.7 Å². The minimum Gasteiger partial charge on any atom is -0.393 e. The Morgan fingerprint density at radius 2 is 2.33 bits per heavy atom. The topological polar surface area (TPSA) is 41.9 Å². The van der Waals surface area contributed by atoms with Crippen LogP contribution in [0, 0.1) is 5.92 Å². The van der Waals surface area contributed by atoms with E-state index in [-0.39, 0.29) is 12.0 Å². The number of ether oxygens (including phenoxy) is 2. The summed E-state index contributed by atoms with van der Waals surface area (Å²) in [5.74, 6) is 0.270. The van der Waals surface area contributed by atoms with Crippen LogP contribution >= 0.6 is 0 Å². The third kappa shape index (κ3) is 4.93. The lowest BCUT2D eigenvalue weighted by atomic mass is 9.98. The molecular formula is C11H23NO3. The largest absolute Gasteiger partial charge is 0.393 e. The number of nitrogens with zero attached hydrogens (tertiary/aromatic N) is 1. The SMILES string of the molecule is COCCCN(C)CC1COCCC1O. The van der Waals surface area contributed by atoms with E-state index in [4.69, 9.17) is 9.47 Å². The van der Waals surface area contributed by atoms with E-state index < -0.39 is 0 Å². The Hall–Kier alpha value is -0.160. The average molecular weight is 217 g/mol. The molecule has 0 aromatic heterocycles. The molecule has 0 radical (unpaired) electrons. The maximum absolute atomic E-state index is 9.76. The van der Waals surface area contributed by atoms with Gasteiger partial charge in [-0.15, -0.1) is 0 Å². The van der Waals surface area contributed by atoms with Gasteiger partial charge in [-0.05, 0) is 19.9 Å². The van der Waals surface area contributed by atoms with Gasteiger partial charge in [0.1, 0.15) is 0 Å². The number of methoxy groups -OCH3 is 1. The van der Waals surface area contributed by atoms with Gasteiger partial charge in [0.25, 0.3) is 0 Å². The van der Waals surface area contributed by atoms with Crippen molar-refractivity contribution in [2.45, 2.75) is 18.9 Å². The summed E-state index contributed by atoms with van der Waals surface area (Å²) in [6.45, 7) is 4.11. The van der Waals surface area contributed by atoms with Crippen molar-refractivity contribution in [3.05, 3.63) is 0 Å². The van der Waals surface area contributed by atoms with Crippen LogP contribution in [-0.4, -0.2) is 63.2 Å². The lowest BCUT2D eigenvalue weighted by molar-refractivity contribution is -0.0447. The summed E-state index contributed by atoms with van der Waals surface area (Å²) in [6.07, 6.45) is 1.62. The molecule has 1 N–H and O–H groups in total. The predicted molar refractivity (Wildman–Crippen MR) is 58.9 cm³/mol. The summed E-state index contributed by atoms with van der Waals surface area (Å²) in [7, 11) is 3.80. The first-order valence-electron chi connectivity index (χ1n) is 5.67. The van der Waals surface area contributed by atoms with E-state index in [2.05, 4.69) is 11.9 Å².